The van der Waals surface area contributed by atoms with Crippen LogP contribution >= 0.6 is 0 Å². The fourth-order valence-corrected chi connectivity index (χ4v) is 2.55. The Morgan fingerprint density at radius 3 is 1.78 bits per heavy atom. The van der Waals surface area contributed by atoms with Crippen molar-refractivity contribution >= 4 is 0 Å². The van der Waals surface area contributed by atoms with Crippen LogP contribution in [0.4, 0.5) is 0 Å². The molecule has 3 nitrogen and oxygen atoms in total. The lowest BCUT2D eigenvalue weighted by Crippen LogP contribution is -2.50. The van der Waals surface area contributed by atoms with Gasteiger partial charge in [0.25, 0.3) is 0 Å². The topological polar surface area (TPSA) is 27.3 Å². The van der Waals surface area contributed by atoms with Gasteiger partial charge < -0.3 is 0 Å². The minimum atomic E-state index is 0.967. The molecule has 18 heavy (non-hydrogen) atoms. The van der Waals surface area contributed by atoms with Crippen molar-refractivity contribution in [1.82, 2.24) is 15.5 Å². The molecule has 1 aliphatic heterocycles. The van der Waals surface area contributed by atoms with Crippen LogP contribution in [0.1, 0.15) is 71.1 Å². The Bertz CT molecular complexity index is 167. The van der Waals surface area contributed by atoms with E-state index >= 15 is 0 Å². The predicted molar refractivity (Wildman–Crippen MR) is 79.4 cm³/mol. The highest BCUT2D eigenvalue weighted by Crippen LogP contribution is 2.10. The summed E-state index contributed by atoms with van der Waals surface area (Å²) in [4.78, 5) is 2.45. The minimum Gasteiger partial charge on any atom is -0.292 e. The maximum Gasteiger partial charge on any atom is 0.0502 e. The van der Waals surface area contributed by atoms with Gasteiger partial charge >= 0.3 is 0 Å². The normalized spacial score (nSPS) is 17.2. The van der Waals surface area contributed by atoms with Crippen molar-refractivity contribution in [1.29, 1.82) is 0 Å². The first-order chi connectivity index (χ1) is 8.93. The van der Waals surface area contributed by atoms with E-state index in [1.54, 1.807) is 0 Å². The predicted octanol–water partition coefficient (Wildman–Crippen LogP) is 3.27. The zero-order valence-corrected chi connectivity index (χ0v) is 12.3. The molecule has 0 aromatic heterocycles. The average Bonchev–Trinajstić information content (AvgIpc) is 2.42. The molecule has 0 aromatic carbocycles. The van der Waals surface area contributed by atoms with Crippen LogP contribution in [-0.2, 0) is 0 Å². The first-order valence-corrected chi connectivity index (χ1v) is 8.07. The van der Waals surface area contributed by atoms with E-state index < -0.39 is 0 Å². The quantitative estimate of drug-likeness (QED) is 0.555. The molecular weight excluding hydrogens is 222 g/mol. The van der Waals surface area contributed by atoms with Gasteiger partial charge in [0, 0.05) is 13.2 Å². The molecule has 0 aliphatic carbocycles. The highest BCUT2D eigenvalue weighted by atomic mass is 15.4. The summed E-state index contributed by atoms with van der Waals surface area (Å²) in [6.07, 6.45) is 14.3. The van der Waals surface area contributed by atoms with Crippen LogP contribution in [0, 0.1) is 0 Å². The summed E-state index contributed by atoms with van der Waals surface area (Å²) in [7, 11) is 0. The monoisotopic (exact) mass is 255 g/mol. The highest BCUT2D eigenvalue weighted by Gasteiger charge is 2.06. The molecule has 1 aliphatic rings. The third-order valence-corrected chi connectivity index (χ3v) is 3.75. The Morgan fingerprint density at radius 1 is 0.722 bits per heavy atom. The van der Waals surface area contributed by atoms with Gasteiger partial charge in [-0.2, -0.15) is 0 Å². The van der Waals surface area contributed by atoms with Gasteiger partial charge in [0.15, 0.2) is 0 Å². The third-order valence-electron chi connectivity index (χ3n) is 3.75. The highest BCUT2D eigenvalue weighted by molar-refractivity contribution is 4.60. The van der Waals surface area contributed by atoms with Gasteiger partial charge in [0.05, 0.1) is 13.3 Å². The molecule has 0 aromatic rings. The van der Waals surface area contributed by atoms with Crippen LogP contribution in [0.2, 0.25) is 0 Å². The number of rotatable bonds is 11. The summed E-state index contributed by atoms with van der Waals surface area (Å²) in [5, 5.41) is 6.67. The number of hydrogen-bond donors (Lipinski definition) is 2. The Hall–Kier alpha value is -0.120. The summed E-state index contributed by atoms with van der Waals surface area (Å²) >= 11 is 0. The Morgan fingerprint density at radius 2 is 1.22 bits per heavy atom. The van der Waals surface area contributed by atoms with Crippen molar-refractivity contribution in [3.63, 3.8) is 0 Å². The van der Waals surface area contributed by atoms with Gasteiger partial charge in [-0.05, 0) is 6.42 Å². The summed E-state index contributed by atoms with van der Waals surface area (Å²) in [6.45, 7) is 6.62. The van der Waals surface area contributed by atoms with Crippen LogP contribution < -0.4 is 10.6 Å². The fraction of sp³-hybridized carbons (Fsp3) is 1.00. The summed E-state index contributed by atoms with van der Waals surface area (Å²) in [6, 6.07) is 0. The van der Waals surface area contributed by atoms with Crippen LogP contribution in [0.5, 0.6) is 0 Å². The molecule has 0 amide bonds. The Kier molecular flexibility index (Phi) is 10.6. The number of unbranched alkanes of at least 4 members (excludes halogenated alkanes) is 9. The molecule has 3 heteroatoms. The van der Waals surface area contributed by atoms with Crippen LogP contribution in [0.25, 0.3) is 0 Å². The molecule has 1 rings (SSSR count). The molecular formula is C15H33N3. The molecule has 2 N–H and O–H groups in total. The van der Waals surface area contributed by atoms with E-state index in [0.717, 1.165) is 20.0 Å². The van der Waals surface area contributed by atoms with Crippen molar-refractivity contribution in [2.75, 3.05) is 26.6 Å². The lowest BCUT2D eigenvalue weighted by Gasteiger charge is -2.27. The number of hydrogen-bond acceptors (Lipinski definition) is 3. The van der Waals surface area contributed by atoms with E-state index in [0.29, 0.717) is 0 Å². The molecule has 0 bridgehead atoms. The molecule has 0 radical (unpaired) electrons. The van der Waals surface area contributed by atoms with Crippen LogP contribution in [-0.4, -0.2) is 31.5 Å². The van der Waals surface area contributed by atoms with Crippen LogP contribution in [0.15, 0.2) is 0 Å². The van der Waals surface area contributed by atoms with Crippen molar-refractivity contribution in [2.24, 2.45) is 0 Å². The lowest BCUT2D eigenvalue weighted by atomic mass is 10.1. The molecule has 1 heterocycles. The largest absolute Gasteiger partial charge is 0.292 e. The molecule has 0 spiro atoms. The summed E-state index contributed by atoms with van der Waals surface area (Å²) in [5.41, 5.74) is 0. The van der Waals surface area contributed by atoms with E-state index in [1.165, 1.54) is 70.8 Å². The SMILES string of the molecule is CCCCCCCCCCCCN1CNCNC1. The van der Waals surface area contributed by atoms with Crippen molar-refractivity contribution in [3.8, 4) is 0 Å². The Labute approximate surface area is 114 Å². The maximum atomic E-state index is 3.34. The maximum absolute atomic E-state index is 3.34. The van der Waals surface area contributed by atoms with E-state index in [4.69, 9.17) is 0 Å². The van der Waals surface area contributed by atoms with E-state index in [-0.39, 0.29) is 0 Å². The van der Waals surface area contributed by atoms with Crippen molar-refractivity contribution in [3.05, 3.63) is 0 Å². The second-order valence-electron chi connectivity index (χ2n) is 5.57. The third kappa shape index (κ3) is 8.90. The van der Waals surface area contributed by atoms with Gasteiger partial charge in [-0.3, -0.25) is 15.5 Å². The zero-order valence-electron chi connectivity index (χ0n) is 12.3. The van der Waals surface area contributed by atoms with Crippen LogP contribution in [0.3, 0.4) is 0 Å². The molecule has 1 saturated heterocycles. The van der Waals surface area contributed by atoms with Crippen molar-refractivity contribution < 1.29 is 0 Å². The van der Waals surface area contributed by atoms with E-state index in [1.807, 2.05) is 0 Å². The second-order valence-corrected chi connectivity index (χ2v) is 5.57. The summed E-state index contributed by atoms with van der Waals surface area (Å²) in [5.74, 6) is 0. The van der Waals surface area contributed by atoms with E-state index in [9.17, 15) is 0 Å². The van der Waals surface area contributed by atoms with E-state index in [2.05, 4.69) is 22.5 Å². The molecule has 0 atom stereocenters. The smallest absolute Gasteiger partial charge is 0.0502 e. The first kappa shape index (κ1) is 15.9. The number of nitrogens with one attached hydrogen (secondary N) is 2. The van der Waals surface area contributed by atoms with Gasteiger partial charge in [0.1, 0.15) is 0 Å². The van der Waals surface area contributed by atoms with Gasteiger partial charge in [0.2, 0.25) is 0 Å². The first-order valence-electron chi connectivity index (χ1n) is 8.07. The molecule has 108 valence electrons. The van der Waals surface area contributed by atoms with Gasteiger partial charge in [-0.25, -0.2) is 0 Å². The second kappa shape index (κ2) is 11.9. The number of nitrogens with zero attached hydrogens (tertiary/aromatic N) is 1. The lowest BCUT2D eigenvalue weighted by molar-refractivity contribution is 0.188. The molecule has 1 fully saturated rings. The summed E-state index contributed by atoms with van der Waals surface area (Å²) < 4.78 is 0. The average molecular weight is 255 g/mol. The fourth-order valence-electron chi connectivity index (χ4n) is 2.55. The van der Waals surface area contributed by atoms with Gasteiger partial charge in [-0.1, -0.05) is 64.7 Å². The molecule has 0 saturated carbocycles. The van der Waals surface area contributed by atoms with Gasteiger partial charge in [-0.15, -0.1) is 0 Å². The zero-order chi connectivity index (χ0) is 12.9. The minimum absolute atomic E-state index is 0.967. The standard InChI is InChI=1S/C15H33N3/c1-2-3-4-5-6-7-8-9-10-11-12-18-14-16-13-17-15-18/h16-17H,2-15H2,1H3. The Balaban J connectivity index is 1.73. The molecule has 0 unspecified atom stereocenters. The van der Waals surface area contributed by atoms with Crippen molar-refractivity contribution in [2.45, 2.75) is 71.1 Å².